The van der Waals surface area contributed by atoms with Gasteiger partial charge in [0.2, 0.25) is 5.91 Å². The van der Waals surface area contributed by atoms with Crippen LogP contribution in [0.3, 0.4) is 0 Å². The number of aliphatic hydroxyl groups is 1. The van der Waals surface area contributed by atoms with Gasteiger partial charge in [-0.15, -0.1) is 0 Å². The van der Waals surface area contributed by atoms with E-state index in [2.05, 4.69) is 4.98 Å². The van der Waals surface area contributed by atoms with E-state index in [4.69, 9.17) is 5.11 Å². The van der Waals surface area contributed by atoms with E-state index in [1.807, 2.05) is 0 Å². The fourth-order valence-electron chi connectivity index (χ4n) is 1.64. The summed E-state index contributed by atoms with van der Waals surface area (Å²) in [5.74, 6) is -1.36. The summed E-state index contributed by atoms with van der Waals surface area (Å²) in [5.41, 5.74) is 0.334. The van der Waals surface area contributed by atoms with Crippen LogP contribution in [0.2, 0.25) is 0 Å². The number of aromatic carboxylic acids is 1. The quantitative estimate of drug-likeness (QED) is 0.727. The number of carboxylic acid groups (broad SMARTS) is 1. The average Bonchev–Trinajstić information content (AvgIpc) is 2.58. The fraction of sp³-hybridized carbons (Fsp3) is 0.300. The van der Waals surface area contributed by atoms with Crippen molar-refractivity contribution in [3.63, 3.8) is 0 Å². The topological polar surface area (TPSA) is 90.7 Å². The molecule has 2 rings (SSSR count). The molecule has 16 heavy (non-hydrogen) atoms. The number of β-amino-alcohol motifs (C(OH)–C–C–N with tert-alkyl or cyclic N) is 1. The predicted octanol–water partition coefficient (Wildman–Crippen LogP) is -0.123. The van der Waals surface area contributed by atoms with Crippen molar-refractivity contribution < 1.29 is 19.8 Å². The van der Waals surface area contributed by atoms with Crippen LogP contribution in [0, 0.1) is 0 Å². The molecule has 0 bridgehead atoms. The van der Waals surface area contributed by atoms with Crippen molar-refractivity contribution in [1.82, 2.24) is 4.98 Å². The highest BCUT2D eigenvalue weighted by Crippen LogP contribution is 2.21. The smallest absolute Gasteiger partial charge is 0.354 e. The Morgan fingerprint density at radius 3 is 2.88 bits per heavy atom. The van der Waals surface area contributed by atoms with Crippen molar-refractivity contribution in [3.8, 4) is 0 Å². The Hall–Kier alpha value is -1.95. The number of nitrogens with zero attached hydrogens (tertiary/aromatic N) is 2. The predicted molar refractivity (Wildman–Crippen MR) is 54.2 cm³/mol. The van der Waals surface area contributed by atoms with Gasteiger partial charge in [0.05, 0.1) is 19.1 Å². The molecule has 6 nitrogen and oxygen atoms in total. The van der Waals surface area contributed by atoms with E-state index in [0.29, 0.717) is 5.69 Å². The molecule has 0 saturated carbocycles. The van der Waals surface area contributed by atoms with Gasteiger partial charge >= 0.3 is 5.97 Å². The van der Waals surface area contributed by atoms with E-state index in [0.717, 1.165) is 0 Å². The summed E-state index contributed by atoms with van der Waals surface area (Å²) in [5, 5.41) is 18.1. The van der Waals surface area contributed by atoms with Crippen molar-refractivity contribution >= 4 is 17.6 Å². The van der Waals surface area contributed by atoms with Crippen LogP contribution in [0.15, 0.2) is 18.3 Å². The van der Waals surface area contributed by atoms with Gasteiger partial charge in [-0.3, -0.25) is 4.79 Å². The molecule has 1 atom stereocenters. The minimum Gasteiger partial charge on any atom is -0.477 e. The second-order valence-corrected chi connectivity index (χ2v) is 3.57. The number of pyridine rings is 1. The third-order valence-corrected chi connectivity index (χ3v) is 2.38. The van der Waals surface area contributed by atoms with Gasteiger partial charge in [0.25, 0.3) is 0 Å². The monoisotopic (exact) mass is 222 g/mol. The Kier molecular flexibility index (Phi) is 2.57. The molecule has 1 aromatic heterocycles. The molecular formula is C10H10N2O4. The van der Waals surface area contributed by atoms with Gasteiger partial charge in [-0.25, -0.2) is 9.78 Å². The lowest BCUT2D eigenvalue weighted by molar-refractivity contribution is -0.117. The summed E-state index contributed by atoms with van der Waals surface area (Å²) in [4.78, 5) is 27.2. The highest BCUT2D eigenvalue weighted by atomic mass is 16.4. The lowest BCUT2D eigenvalue weighted by atomic mass is 10.3. The van der Waals surface area contributed by atoms with Crippen LogP contribution < -0.4 is 4.90 Å². The number of hydrogen-bond acceptors (Lipinski definition) is 4. The molecule has 0 spiro atoms. The SMILES string of the molecule is O=C(O)c1cc(N2CC(O)CC2=O)ccn1. The number of carboxylic acids is 1. The number of aromatic nitrogens is 1. The Morgan fingerprint density at radius 1 is 1.56 bits per heavy atom. The number of aliphatic hydroxyl groups excluding tert-OH is 1. The maximum Gasteiger partial charge on any atom is 0.354 e. The minimum absolute atomic E-state index is 0.0741. The van der Waals surface area contributed by atoms with Crippen LogP contribution in [0.4, 0.5) is 5.69 Å². The molecule has 1 aliphatic heterocycles. The summed E-state index contributed by atoms with van der Waals surface area (Å²) in [6.07, 6.45) is 0.718. The minimum atomic E-state index is -1.14. The molecule has 1 saturated heterocycles. The first kappa shape index (κ1) is 10.6. The first-order chi connectivity index (χ1) is 7.58. The largest absolute Gasteiger partial charge is 0.477 e. The molecule has 0 aromatic carbocycles. The third-order valence-electron chi connectivity index (χ3n) is 2.38. The Morgan fingerprint density at radius 2 is 2.31 bits per heavy atom. The van der Waals surface area contributed by atoms with Crippen LogP contribution >= 0.6 is 0 Å². The van der Waals surface area contributed by atoms with Gasteiger partial charge < -0.3 is 15.1 Å². The maximum absolute atomic E-state index is 11.5. The summed E-state index contributed by atoms with van der Waals surface area (Å²) in [6.45, 7) is 0.196. The van der Waals surface area contributed by atoms with Crippen molar-refractivity contribution in [2.45, 2.75) is 12.5 Å². The average molecular weight is 222 g/mol. The fourth-order valence-corrected chi connectivity index (χ4v) is 1.64. The van der Waals surface area contributed by atoms with Crippen LogP contribution in [-0.2, 0) is 4.79 Å². The van der Waals surface area contributed by atoms with E-state index < -0.39 is 12.1 Å². The zero-order valence-electron chi connectivity index (χ0n) is 8.33. The molecule has 1 amide bonds. The van der Waals surface area contributed by atoms with Crippen LogP contribution in [0.1, 0.15) is 16.9 Å². The van der Waals surface area contributed by atoms with Gasteiger partial charge in [0.1, 0.15) is 5.69 Å². The Bertz CT molecular complexity index is 446. The van der Waals surface area contributed by atoms with E-state index >= 15 is 0 Å². The molecule has 1 aliphatic rings. The van der Waals surface area contributed by atoms with Gasteiger partial charge in [0.15, 0.2) is 0 Å². The Balaban J connectivity index is 2.30. The normalized spacial score (nSPS) is 20.2. The van der Waals surface area contributed by atoms with Crippen molar-refractivity contribution in [3.05, 3.63) is 24.0 Å². The zero-order chi connectivity index (χ0) is 11.7. The lowest BCUT2D eigenvalue weighted by Crippen LogP contribution is -2.25. The van der Waals surface area contributed by atoms with Crippen molar-refractivity contribution in [2.75, 3.05) is 11.4 Å². The van der Waals surface area contributed by atoms with Gasteiger partial charge in [-0.2, -0.15) is 0 Å². The van der Waals surface area contributed by atoms with Crippen LogP contribution in [-0.4, -0.2) is 39.7 Å². The number of carbonyl (C=O) groups is 2. The molecule has 84 valence electrons. The number of hydrogen-bond donors (Lipinski definition) is 2. The van der Waals surface area contributed by atoms with E-state index in [1.54, 1.807) is 6.07 Å². The first-order valence-electron chi connectivity index (χ1n) is 4.75. The number of anilines is 1. The highest BCUT2D eigenvalue weighted by molar-refractivity contribution is 5.97. The van der Waals surface area contributed by atoms with Crippen LogP contribution in [0.5, 0.6) is 0 Å². The van der Waals surface area contributed by atoms with E-state index in [-0.39, 0.29) is 24.6 Å². The molecule has 0 aliphatic carbocycles. The third kappa shape index (κ3) is 1.87. The molecule has 1 fully saturated rings. The first-order valence-corrected chi connectivity index (χ1v) is 4.75. The lowest BCUT2D eigenvalue weighted by Gasteiger charge is -2.15. The van der Waals surface area contributed by atoms with Crippen LogP contribution in [0.25, 0.3) is 0 Å². The van der Waals surface area contributed by atoms with E-state index in [9.17, 15) is 14.7 Å². The van der Waals surface area contributed by atoms with E-state index in [1.165, 1.54) is 17.2 Å². The number of amides is 1. The van der Waals surface area contributed by atoms with Gasteiger partial charge in [-0.1, -0.05) is 0 Å². The molecule has 2 heterocycles. The van der Waals surface area contributed by atoms with Crippen molar-refractivity contribution in [1.29, 1.82) is 0 Å². The molecule has 1 aromatic rings. The van der Waals surface area contributed by atoms with Gasteiger partial charge in [0, 0.05) is 11.9 Å². The zero-order valence-corrected chi connectivity index (χ0v) is 8.33. The maximum atomic E-state index is 11.5. The Labute approximate surface area is 91.1 Å². The molecule has 6 heteroatoms. The molecule has 2 N–H and O–H groups in total. The second-order valence-electron chi connectivity index (χ2n) is 3.57. The van der Waals surface area contributed by atoms with Gasteiger partial charge in [-0.05, 0) is 12.1 Å². The summed E-state index contributed by atoms with van der Waals surface area (Å²) in [6, 6.07) is 2.86. The summed E-state index contributed by atoms with van der Waals surface area (Å²) < 4.78 is 0. The number of rotatable bonds is 2. The molecule has 0 radical (unpaired) electrons. The molecular weight excluding hydrogens is 212 g/mol. The summed E-state index contributed by atoms with van der Waals surface area (Å²) >= 11 is 0. The second kappa shape index (κ2) is 3.90. The molecule has 1 unspecified atom stereocenters. The summed E-state index contributed by atoms with van der Waals surface area (Å²) in [7, 11) is 0. The van der Waals surface area contributed by atoms with Crippen molar-refractivity contribution in [2.24, 2.45) is 0 Å². The standard InChI is InChI=1S/C10H10N2O4/c13-7-4-9(14)12(5-7)6-1-2-11-8(3-6)10(15)16/h1-3,7,13H,4-5H2,(H,15,16). The highest BCUT2D eigenvalue weighted by Gasteiger charge is 2.29. The number of carbonyl (C=O) groups excluding carboxylic acids is 1.